The van der Waals surface area contributed by atoms with Crippen LogP contribution < -0.4 is 5.73 Å². The molecule has 0 atom stereocenters. The van der Waals surface area contributed by atoms with Crippen LogP contribution in [0.3, 0.4) is 0 Å². The number of aryl methyl sites for hydroxylation is 1. The number of anilines is 1. The number of aromatic nitrogens is 2. The Bertz CT molecular complexity index is 478. The predicted molar refractivity (Wildman–Crippen MR) is 72.8 cm³/mol. The Morgan fingerprint density at radius 1 is 1.38 bits per heavy atom. The first kappa shape index (κ1) is 11.9. The van der Waals surface area contributed by atoms with Crippen molar-refractivity contribution in [1.29, 1.82) is 0 Å². The first-order chi connectivity index (χ1) is 7.63. The zero-order valence-electron chi connectivity index (χ0n) is 8.61. The van der Waals surface area contributed by atoms with Gasteiger partial charge in [0.2, 0.25) is 0 Å². The van der Waals surface area contributed by atoms with Crippen LogP contribution in [0.1, 0.15) is 10.6 Å². The minimum Gasteiger partial charge on any atom is -0.399 e. The van der Waals surface area contributed by atoms with Crippen LogP contribution >= 0.6 is 39.0 Å². The molecule has 1 aromatic heterocycles. The number of benzene rings is 1. The molecule has 1 aromatic carbocycles. The summed E-state index contributed by atoms with van der Waals surface area (Å²) in [4.78, 5) is 0. The van der Waals surface area contributed by atoms with Crippen LogP contribution in [0.2, 0.25) is 0 Å². The maximum absolute atomic E-state index is 5.77. The van der Waals surface area contributed by atoms with Crippen molar-refractivity contribution in [2.75, 3.05) is 5.73 Å². The molecule has 16 heavy (non-hydrogen) atoms. The Labute approximate surface area is 111 Å². The summed E-state index contributed by atoms with van der Waals surface area (Å²) in [5.41, 5.74) is 7.73. The van der Waals surface area contributed by atoms with Crippen molar-refractivity contribution >= 4 is 44.7 Å². The molecule has 0 bridgehead atoms. The highest BCUT2D eigenvalue weighted by Gasteiger charge is 2.03. The molecular weight excluding hydrogens is 306 g/mol. The van der Waals surface area contributed by atoms with Crippen molar-refractivity contribution in [3.63, 3.8) is 0 Å². The number of nitrogens with two attached hydrogens (primary N) is 1. The highest BCUT2D eigenvalue weighted by atomic mass is 79.9. The molecular formula is C10H10BrN3S2. The Kier molecular flexibility index (Phi) is 3.83. The molecule has 84 valence electrons. The van der Waals surface area contributed by atoms with Gasteiger partial charge in [0.1, 0.15) is 5.01 Å². The van der Waals surface area contributed by atoms with E-state index in [1.807, 2.05) is 19.1 Å². The van der Waals surface area contributed by atoms with Gasteiger partial charge in [0.25, 0.3) is 0 Å². The van der Waals surface area contributed by atoms with Crippen molar-refractivity contribution in [1.82, 2.24) is 10.2 Å². The van der Waals surface area contributed by atoms with E-state index in [-0.39, 0.29) is 0 Å². The third kappa shape index (κ3) is 3.20. The number of hydrogen-bond acceptors (Lipinski definition) is 5. The van der Waals surface area contributed by atoms with Crippen LogP contribution in [0, 0.1) is 6.92 Å². The lowest BCUT2D eigenvalue weighted by molar-refractivity contribution is 0.983. The van der Waals surface area contributed by atoms with Crippen molar-refractivity contribution < 1.29 is 0 Å². The number of thioether (sulfide) groups is 1. The smallest absolute Gasteiger partial charge is 0.174 e. The van der Waals surface area contributed by atoms with Gasteiger partial charge in [-0.2, -0.15) is 0 Å². The summed E-state index contributed by atoms with van der Waals surface area (Å²) < 4.78 is 2.01. The van der Waals surface area contributed by atoms with Crippen LogP contribution in [0.5, 0.6) is 0 Å². The Morgan fingerprint density at radius 3 is 2.81 bits per heavy atom. The minimum atomic E-state index is 0.776. The van der Waals surface area contributed by atoms with Gasteiger partial charge in [-0.15, -0.1) is 10.2 Å². The molecule has 0 spiro atoms. The Morgan fingerprint density at radius 2 is 2.19 bits per heavy atom. The van der Waals surface area contributed by atoms with E-state index in [1.54, 1.807) is 23.1 Å². The molecule has 0 fully saturated rings. The van der Waals surface area contributed by atoms with Crippen LogP contribution in [-0.2, 0) is 5.75 Å². The minimum absolute atomic E-state index is 0.776. The molecule has 2 N–H and O–H groups in total. The summed E-state index contributed by atoms with van der Waals surface area (Å²) in [6.07, 6.45) is 0. The second-order valence-corrected chi connectivity index (χ2v) is 6.59. The Balaban J connectivity index is 2.04. The molecule has 2 rings (SSSR count). The molecule has 6 heteroatoms. The molecule has 0 aliphatic heterocycles. The first-order valence-electron chi connectivity index (χ1n) is 4.61. The quantitative estimate of drug-likeness (QED) is 0.696. The molecule has 0 radical (unpaired) electrons. The normalized spacial score (nSPS) is 10.6. The fraction of sp³-hybridized carbons (Fsp3) is 0.200. The van der Waals surface area contributed by atoms with E-state index in [0.717, 1.165) is 25.3 Å². The molecule has 3 nitrogen and oxygen atoms in total. The van der Waals surface area contributed by atoms with Gasteiger partial charge in [-0.05, 0) is 30.7 Å². The average molecular weight is 316 g/mol. The predicted octanol–water partition coefficient (Wildman–Crippen LogP) is 3.48. The SMILES string of the molecule is Cc1nnc(SCc2cc(N)cc(Br)c2)s1. The molecule has 0 aliphatic carbocycles. The zero-order chi connectivity index (χ0) is 11.5. The highest BCUT2D eigenvalue weighted by molar-refractivity contribution is 9.10. The maximum Gasteiger partial charge on any atom is 0.174 e. The average Bonchev–Trinajstić information content (AvgIpc) is 2.60. The van der Waals surface area contributed by atoms with Gasteiger partial charge in [0, 0.05) is 15.9 Å². The third-order valence-electron chi connectivity index (χ3n) is 1.85. The van der Waals surface area contributed by atoms with Crippen LogP contribution in [0.4, 0.5) is 5.69 Å². The van der Waals surface area contributed by atoms with E-state index in [0.29, 0.717) is 0 Å². The van der Waals surface area contributed by atoms with Gasteiger partial charge in [-0.3, -0.25) is 0 Å². The highest BCUT2D eigenvalue weighted by Crippen LogP contribution is 2.27. The van der Waals surface area contributed by atoms with E-state index in [2.05, 4.69) is 32.2 Å². The first-order valence-corrected chi connectivity index (χ1v) is 7.21. The lowest BCUT2D eigenvalue weighted by Gasteiger charge is -2.02. The molecule has 0 saturated heterocycles. The van der Waals surface area contributed by atoms with Crippen LogP contribution in [0.25, 0.3) is 0 Å². The summed E-state index contributed by atoms with van der Waals surface area (Å²) in [5, 5.41) is 9.04. The van der Waals surface area contributed by atoms with Crippen molar-refractivity contribution in [3.05, 3.63) is 33.2 Å². The fourth-order valence-electron chi connectivity index (χ4n) is 1.24. The number of rotatable bonds is 3. The van der Waals surface area contributed by atoms with Gasteiger partial charge in [0.05, 0.1) is 0 Å². The van der Waals surface area contributed by atoms with Gasteiger partial charge in [-0.25, -0.2) is 0 Å². The molecule has 0 saturated carbocycles. The van der Waals surface area contributed by atoms with E-state index in [1.165, 1.54) is 5.56 Å². The van der Waals surface area contributed by atoms with Gasteiger partial charge in [-0.1, -0.05) is 39.0 Å². The summed E-state index contributed by atoms with van der Waals surface area (Å²) in [5.74, 6) is 0.859. The Hall–Kier alpha value is -0.590. The molecule has 0 aliphatic rings. The number of nitrogens with zero attached hydrogens (tertiary/aromatic N) is 2. The second-order valence-electron chi connectivity index (χ2n) is 3.27. The standard InChI is InChI=1S/C10H10BrN3S2/c1-6-13-14-10(16-6)15-5-7-2-8(11)4-9(12)3-7/h2-4H,5,12H2,1H3. The molecule has 1 heterocycles. The number of halogens is 1. The molecule has 2 aromatic rings. The summed E-state index contributed by atoms with van der Waals surface area (Å²) in [6.45, 7) is 1.96. The second kappa shape index (κ2) is 5.16. The summed E-state index contributed by atoms with van der Waals surface area (Å²) >= 11 is 6.72. The van der Waals surface area contributed by atoms with E-state index >= 15 is 0 Å². The van der Waals surface area contributed by atoms with Crippen LogP contribution in [-0.4, -0.2) is 10.2 Å². The zero-order valence-corrected chi connectivity index (χ0v) is 11.8. The van der Waals surface area contributed by atoms with E-state index in [4.69, 9.17) is 5.73 Å². The van der Waals surface area contributed by atoms with Gasteiger partial charge < -0.3 is 5.73 Å². The summed E-state index contributed by atoms with van der Waals surface area (Å²) in [7, 11) is 0. The summed E-state index contributed by atoms with van der Waals surface area (Å²) in [6, 6.07) is 5.94. The third-order valence-corrected chi connectivity index (χ3v) is 4.35. The van der Waals surface area contributed by atoms with Crippen LogP contribution in [0.15, 0.2) is 27.0 Å². The van der Waals surface area contributed by atoms with Gasteiger partial charge in [0.15, 0.2) is 4.34 Å². The lowest BCUT2D eigenvalue weighted by Crippen LogP contribution is -1.88. The van der Waals surface area contributed by atoms with Gasteiger partial charge >= 0.3 is 0 Å². The van der Waals surface area contributed by atoms with E-state index < -0.39 is 0 Å². The van der Waals surface area contributed by atoms with Crippen molar-refractivity contribution in [2.45, 2.75) is 17.0 Å². The van der Waals surface area contributed by atoms with Crippen molar-refractivity contribution in [2.24, 2.45) is 0 Å². The van der Waals surface area contributed by atoms with Crippen molar-refractivity contribution in [3.8, 4) is 0 Å². The number of nitrogen functional groups attached to an aromatic ring is 1. The molecule has 0 amide bonds. The topological polar surface area (TPSA) is 51.8 Å². The maximum atomic E-state index is 5.77. The monoisotopic (exact) mass is 315 g/mol. The number of hydrogen-bond donors (Lipinski definition) is 1. The molecule has 0 unspecified atom stereocenters. The van der Waals surface area contributed by atoms with E-state index in [9.17, 15) is 0 Å². The lowest BCUT2D eigenvalue weighted by atomic mass is 10.2. The largest absolute Gasteiger partial charge is 0.399 e. The fourth-order valence-corrected chi connectivity index (χ4v) is 3.54.